The second kappa shape index (κ2) is 6.10. The van der Waals surface area contributed by atoms with Crippen LogP contribution in [-0.4, -0.2) is 35.6 Å². The number of anilines is 2. The molecule has 1 aliphatic heterocycles. The van der Waals surface area contributed by atoms with Crippen LogP contribution in [0, 0.1) is 22.6 Å². The first-order valence-electron chi connectivity index (χ1n) is 7.67. The molecule has 1 aromatic heterocycles. The maximum atomic E-state index is 13.0. The molecule has 136 valence electrons. The molecule has 0 radical (unpaired) electrons. The summed E-state index contributed by atoms with van der Waals surface area (Å²) < 4.78 is 38.3. The molecule has 0 aliphatic carbocycles. The van der Waals surface area contributed by atoms with Crippen molar-refractivity contribution in [2.24, 2.45) is 11.1 Å². The molecule has 1 aromatic carbocycles. The Bertz CT molecular complexity index is 1010. The minimum atomic E-state index is -3.41. The van der Waals surface area contributed by atoms with E-state index in [1.807, 2.05) is 6.07 Å². The molecule has 1 unspecified atom stereocenters. The maximum Gasteiger partial charge on any atom is 0.254 e. The van der Waals surface area contributed by atoms with Crippen LogP contribution in [0.1, 0.15) is 23.3 Å². The van der Waals surface area contributed by atoms with Crippen molar-refractivity contribution in [3.63, 3.8) is 0 Å². The van der Waals surface area contributed by atoms with Crippen LogP contribution >= 0.6 is 0 Å². The SMILES string of the molecule is C[C@@]1(C#N)CS(=O)(=O)CC1n1cc(C(N)=O)c(Nc2ccc(F)cc2)n1. The van der Waals surface area contributed by atoms with Gasteiger partial charge in [-0.15, -0.1) is 0 Å². The smallest absolute Gasteiger partial charge is 0.254 e. The van der Waals surface area contributed by atoms with Gasteiger partial charge in [-0.05, 0) is 31.2 Å². The number of nitrogens with zero attached hydrogens (tertiary/aromatic N) is 3. The van der Waals surface area contributed by atoms with Crippen LogP contribution < -0.4 is 11.1 Å². The van der Waals surface area contributed by atoms with Crippen LogP contribution in [0.25, 0.3) is 0 Å². The summed E-state index contributed by atoms with van der Waals surface area (Å²) in [4.78, 5) is 11.7. The zero-order chi connectivity index (χ0) is 19.1. The molecule has 0 saturated carbocycles. The summed E-state index contributed by atoms with van der Waals surface area (Å²) in [6.45, 7) is 1.54. The second-order valence-electron chi connectivity index (χ2n) is 6.47. The predicted molar refractivity (Wildman–Crippen MR) is 91.8 cm³/mol. The van der Waals surface area contributed by atoms with Gasteiger partial charge in [0.2, 0.25) is 0 Å². The van der Waals surface area contributed by atoms with Gasteiger partial charge in [-0.3, -0.25) is 9.48 Å². The third-order valence-corrected chi connectivity index (χ3v) is 6.21. The highest BCUT2D eigenvalue weighted by molar-refractivity contribution is 7.91. The largest absolute Gasteiger partial charge is 0.365 e. The number of rotatable bonds is 4. The number of nitrogens with one attached hydrogen (secondary N) is 1. The van der Waals surface area contributed by atoms with Gasteiger partial charge in [0.25, 0.3) is 5.91 Å². The van der Waals surface area contributed by atoms with Crippen molar-refractivity contribution in [2.75, 3.05) is 16.8 Å². The first kappa shape index (κ1) is 17.9. The lowest BCUT2D eigenvalue weighted by molar-refractivity contribution is 0.100. The third-order valence-electron chi connectivity index (χ3n) is 4.35. The van der Waals surface area contributed by atoms with Crippen LogP contribution in [0.5, 0.6) is 0 Å². The lowest BCUT2D eigenvalue weighted by atomic mass is 9.87. The van der Waals surface area contributed by atoms with Gasteiger partial charge in [0, 0.05) is 11.9 Å². The number of halogens is 1. The van der Waals surface area contributed by atoms with E-state index >= 15 is 0 Å². The van der Waals surface area contributed by atoms with Crippen LogP contribution in [0.15, 0.2) is 30.5 Å². The molecule has 2 aromatic rings. The summed E-state index contributed by atoms with van der Waals surface area (Å²) in [7, 11) is -3.41. The Balaban J connectivity index is 2.01. The number of primary amides is 1. The highest BCUT2D eigenvalue weighted by Gasteiger charge is 2.49. The zero-order valence-corrected chi connectivity index (χ0v) is 14.6. The maximum absolute atomic E-state index is 13.0. The Hall–Kier alpha value is -2.93. The van der Waals surface area contributed by atoms with E-state index in [-0.39, 0.29) is 22.9 Å². The number of carbonyl (C=O) groups excluding carboxylic acids is 1. The molecule has 0 bridgehead atoms. The minimum absolute atomic E-state index is 0.0407. The molecule has 26 heavy (non-hydrogen) atoms. The number of carbonyl (C=O) groups is 1. The fourth-order valence-electron chi connectivity index (χ4n) is 3.01. The third kappa shape index (κ3) is 3.25. The Labute approximate surface area is 149 Å². The van der Waals surface area contributed by atoms with E-state index in [9.17, 15) is 22.9 Å². The molecule has 1 fully saturated rings. The monoisotopic (exact) mass is 377 g/mol. The second-order valence-corrected chi connectivity index (χ2v) is 8.58. The number of sulfone groups is 1. The van der Waals surface area contributed by atoms with Crippen molar-refractivity contribution < 1.29 is 17.6 Å². The van der Waals surface area contributed by atoms with Gasteiger partial charge >= 0.3 is 0 Å². The Morgan fingerprint density at radius 2 is 2.12 bits per heavy atom. The molecule has 3 N–H and O–H groups in total. The summed E-state index contributed by atoms with van der Waals surface area (Å²) in [5.74, 6) is -1.62. The topological polar surface area (TPSA) is 131 Å². The average Bonchev–Trinajstić information content (AvgIpc) is 3.08. The zero-order valence-electron chi connectivity index (χ0n) is 13.8. The number of amides is 1. The van der Waals surface area contributed by atoms with Crippen LogP contribution in [0.2, 0.25) is 0 Å². The summed E-state index contributed by atoms with van der Waals surface area (Å²) in [5, 5.41) is 16.5. The number of benzene rings is 1. The van der Waals surface area contributed by atoms with Gasteiger partial charge in [0.15, 0.2) is 15.7 Å². The molecule has 10 heteroatoms. The molecule has 1 amide bonds. The van der Waals surface area contributed by atoms with Crippen molar-refractivity contribution in [2.45, 2.75) is 13.0 Å². The van der Waals surface area contributed by atoms with Gasteiger partial charge < -0.3 is 11.1 Å². The van der Waals surface area contributed by atoms with Crippen molar-refractivity contribution in [3.05, 3.63) is 41.8 Å². The number of aromatic nitrogens is 2. The summed E-state index contributed by atoms with van der Waals surface area (Å²) in [6.07, 6.45) is 1.33. The van der Waals surface area contributed by atoms with Crippen LogP contribution in [0.4, 0.5) is 15.9 Å². The lowest BCUT2D eigenvalue weighted by Crippen LogP contribution is -2.27. The highest BCUT2D eigenvalue weighted by atomic mass is 32.2. The number of nitriles is 1. The van der Waals surface area contributed by atoms with Gasteiger partial charge in [0.05, 0.1) is 29.0 Å². The average molecular weight is 377 g/mol. The van der Waals surface area contributed by atoms with Gasteiger partial charge in [-0.25, -0.2) is 12.8 Å². The van der Waals surface area contributed by atoms with E-state index in [2.05, 4.69) is 10.4 Å². The van der Waals surface area contributed by atoms with Gasteiger partial charge in [0.1, 0.15) is 11.4 Å². The molecule has 2 heterocycles. The first-order valence-corrected chi connectivity index (χ1v) is 9.49. The van der Waals surface area contributed by atoms with E-state index in [1.165, 1.54) is 35.1 Å². The van der Waals surface area contributed by atoms with E-state index in [4.69, 9.17) is 5.73 Å². The number of nitrogens with two attached hydrogens (primary N) is 1. The van der Waals surface area contributed by atoms with E-state index < -0.39 is 33.0 Å². The highest BCUT2D eigenvalue weighted by Crippen LogP contribution is 2.40. The number of hydrogen-bond donors (Lipinski definition) is 2. The van der Waals surface area contributed by atoms with Crippen molar-refractivity contribution in [1.82, 2.24) is 9.78 Å². The summed E-state index contributed by atoms with van der Waals surface area (Å²) in [5.41, 5.74) is 4.72. The van der Waals surface area contributed by atoms with Crippen molar-refractivity contribution >= 4 is 27.2 Å². The van der Waals surface area contributed by atoms with Crippen molar-refractivity contribution in [3.8, 4) is 6.07 Å². The van der Waals surface area contributed by atoms with E-state index in [1.54, 1.807) is 6.92 Å². The molecule has 0 spiro atoms. The quantitative estimate of drug-likeness (QED) is 0.827. The molecule has 8 nitrogen and oxygen atoms in total. The van der Waals surface area contributed by atoms with E-state index in [0.717, 1.165) is 0 Å². The predicted octanol–water partition coefficient (Wildman–Crippen LogP) is 1.36. The summed E-state index contributed by atoms with van der Waals surface area (Å²) >= 11 is 0. The molecule has 3 rings (SSSR count). The fraction of sp³-hybridized carbons (Fsp3) is 0.312. The standard InChI is InChI=1S/C16H16FN5O3S/c1-16(8-18)9-26(24,25)7-13(16)22-6-12(14(19)23)15(21-22)20-11-4-2-10(17)3-5-11/h2-6,13H,7,9H2,1H3,(H2,19,23)(H,20,21)/t13?,16-/m1/s1. The van der Waals surface area contributed by atoms with Gasteiger partial charge in [-0.2, -0.15) is 10.4 Å². The Morgan fingerprint density at radius 1 is 1.46 bits per heavy atom. The molecule has 1 aliphatic rings. The summed E-state index contributed by atoms with van der Waals surface area (Å²) in [6, 6.07) is 6.67. The fourth-order valence-corrected chi connectivity index (χ4v) is 5.30. The number of hydrogen-bond acceptors (Lipinski definition) is 6. The Kier molecular flexibility index (Phi) is 4.20. The lowest BCUT2D eigenvalue weighted by Gasteiger charge is -2.22. The normalized spacial score (nSPS) is 24.1. The van der Waals surface area contributed by atoms with Crippen LogP contribution in [0.3, 0.4) is 0 Å². The first-order chi connectivity index (χ1) is 12.1. The Morgan fingerprint density at radius 3 is 2.69 bits per heavy atom. The molecular weight excluding hydrogens is 361 g/mol. The van der Waals surface area contributed by atoms with Gasteiger partial charge in [-0.1, -0.05) is 0 Å². The van der Waals surface area contributed by atoms with Crippen LogP contribution in [-0.2, 0) is 9.84 Å². The molecule has 1 saturated heterocycles. The van der Waals surface area contributed by atoms with Crippen molar-refractivity contribution in [1.29, 1.82) is 5.26 Å². The molecule has 2 atom stereocenters. The van der Waals surface area contributed by atoms with E-state index in [0.29, 0.717) is 5.69 Å². The molecular formula is C16H16FN5O3S. The minimum Gasteiger partial charge on any atom is -0.365 e.